The van der Waals surface area contributed by atoms with Crippen LogP contribution in [0, 0.1) is 15.9 Å². The van der Waals surface area contributed by atoms with Gasteiger partial charge < -0.3 is 15.8 Å². The van der Waals surface area contributed by atoms with E-state index in [0.29, 0.717) is 0 Å². The first-order chi connectivity index (χ1) is 6.99. The van der Waals surface area contributed by atoms with E-state index in [0.717, 1.165) is 6.20 Å². The van der Waals surface area contributed by atoms with E-state index in [9.17, 15) is 23.3 Å². The molecule has 0 unspecified atom stereocenters. The van der Waals surface area contributed by atoms with Crippen molar-refractivity contribution in [2.45, 2.75) is 13.0 Å². The third-order valence-corrected chi connectivity index (χ3v) is 1.71. The minimum atomic E-state index is -3.30. The zero-order valence-corrected chi connectivity index (χ0v) is 7.28. The lowest BCUT2D eigenvalue weighted by atomic mass is 10.1. The van der Waals surface area contributed by atoms with Crippen molar-refractivity contribution in [3.05, 3.63) is 33.3 Å². The summed E-state index contributed by atoms with van der Waals surface area (Å²) in [5.74, 6) is -2.55. The van der Waals surface area contributed by atoms with Crippen LogP contribution in [0.1, 0.15) is 17.6 Å². The highest BCUT2D eigenvalue weighted by molar-refractivity contribution is 5.37. The summed E-state index contributed by atoms with van der Waals surface area (Å²) in [4.78, 5) is 12.3. The average molecular weight is 221 g/mol. The number of pyridine rings is 1. The maximum Gasteiger partial charge on any atom is 0.375 e. The maximum absolute atomic E-state index is 13.2. The Hall–Kier alpha value is -1.70. The molecule has 0 amide bonds. The predicted octanol–water partition coefficient (Wildman–Crippen LogP) is 1.53. The Bertz CT molecular complexity index is 397. The zero-order valence-electron chi connectivity index (χ0n) is 7.28. The summed E-state index contributed by atoms with van der Waals surface area (Å²) in [5.41, 5.74) is 3.45. The van der Waals surface area contributed by atoms with Crippen molar-refractivity contribution in [2.75, 3.05) is 0 Å². The summed E-state index contributed by atoms with van der Waals surface area (Å²) in [5, 5.41) is 10.3. The zero-order chi connectivity index (χ0) is 11.6. The summed E-state index contributed by atoms with van der Waals surface area (Å²) in [7, 11) is 0. The van der Waals surface area contributed by atoms with Crippen LogP contribution in [0.4, 0.5) is 19.0 Å². The van der Waals surface area contributed by atoms with Crippen LogP contribution in [0.25, 0.3) is 0 Å². The quantitative estimate of drug-likeness (QED) is 0.619. The van der Waals surface area contributed by atoms with Crippen LogP contribution in [0.3, 0.4) is 0 Å². The molecule has 0 atom stereocenters. The van der Waals surface area contributed by atoms with E-state index in [4.69, 9.17) is 5.73 Å². The Kier molecular flexibility index (Phi) is 3.20. The largest absolute Gasteiger partial charge is 0.375 e. The summed E-state index contributed by atoms with van der Waals surface area (Å²) in [6.45, 7) is -0.351. The lowest BCUT2D eigenvalue weighted by molar-refractivity contribution is -0.391. The Balaban J connectivity index is 3.44. The summed E-state index contributed by atoms with van der Waals surface area (Å²) < 4.78 is 37.9. The van der Waals surface area contributed by atoms with Crippen LogP contribution >= 0.6 is 0 Å². The van der Waals surface area contributed by atoms with E-state index < -0.39 is 28.5 Å². The molecule has 0 fully saturated rings. The van der Waals surface area contributed by atoms with Gasteiger partial charge in [0.2, 0.25) is 0 Å². The second-order valence-corrected chi connectivity index (χ2v) is 2.60. The smallest absolute Gasteiger partial charge is 0.358 e. The number of rotatable bonds is 3. The number of nitrogens with zero attached hydrogens (tertiary/aromatic N) is 2. The van der Waals surface area contributed by atoms with E-state index in [1.165, 1.54) is 0 Å². The highest BCUT2D eigenvalue weighted by Gasteiger charge is 2.29. The molecular weight excluding hydrogens is 215 g/mol. The molecule has 0 saturated heterocycles. The van der Waals surface area contributed by atoms with Gasteiger partial charge in [-0.3, -0.25) is 0 Å². The number of aromatic nitrogens is 1. The third kappa shape index (κ3) is 2.04. The topological polar surface area (TPSA) is 82.0 Å². The van der Waals surface area contributed by atoms with Gasteiger partial charge in [-0.25, -0.2) is 13.2 Å². The third-order valence-electron chi connectivity index (χ3n) is 1.71. The average Bonchev–Trinajstić information content (AvgIpc) is 2.16. The first-order valence-corrected chi connectivity index (χ1v) is 3.79. The molecule has 0 aliphatic carbocycles. The van der Waals surface area contributed by atoms with Crippen molar-refractivity contribution < 1.29 is 18.1 Å². The van der Waals surface area contributed by atoms with Gasteiger partial charge in [-0.2, -0.15) is 0 Å². The van der Waals surface area contributed by atoms with Crippen LogP contribution in [0.5, 0.6) is 0 Å². The van der Waals surface area contributed by atoms with E-state index in [-0.39, 0.29) is 12.1 Å². The molecular formula is C7H6F3N3O2. The van der Waals surface area contributed by atoms with Gasteiger partial charge in [-0.05, 0) is 9.91 Å². The van der Waals surface area contributed by atoms with Gasteiger partial charge in [0.05, 0.1) is 0 Å². The van der Waals surface area contributed by atoms with Gasteiger partial charge in [0.1, 0.15) is 12.0 Å². The highest BCUT2D eigenvalue weighted by atomic mass is 19.3. The Morgan fingerprint density at radius 2 is 2.20 bits per heavy atom. The molecule has 82 valence electrons. The Morgan fingerprint density at radius 1 is 1.60 bits per heavy atom. The van der Waals surface area contributed by atoms with Gasteiger partial charge in [-0.1, -0.05) is 0 Å². The van der Waals surface area contributed by atoms with Crippen molar-refractivity contribution >= 4 is 5.82 Å². The molecule has 0 aliphatic heterocycles. The first-order valence-electron chi connectivity index (χ1n) is 3.79. The summed E-state index contributed by atoms with van der Waals surface area (Å²) in [6, 6.07) is 0. The van der Waals surface area contributed by atoms with Crippen LogP contribution in [-0.4, -0.2) is 9.91 Å². The number of nitro groups is 1. The summed E-state index contributed by atoms with van der Waals surface area (Å²) in [6.07, 6.45) is -2.52. The standard InChI is InChI=1S/C7H6F3N3O2/c8-5-3(1-11)2-12-7(13(14)15)4(5)6(9)10/h2,6H,1,11H2. The number of hydrogen-bond acceptors (Lipinski definition) is 4. The molecule has 0 radical (unpaired) electrons. The molecule has 2 N–H and O–H groups in total. The molecule has 5 nitrogen and oxygen atoms in total. The monoisotopic (exact) mass is 221 g/mol. The molecule has 15 heavy (non-hydrogen) atoms. The van der Waals surface area contributed by atoms with Crippen LogP contribution < -0.4 is 5.73 Å². The molecule has 1 rings (SSSR count). The minimum absolute atomic E-state index is 0.282. The maximum atomic E-state index is 13.2. The molecule has 0 aromatic carbocycles. The molecule has 0 bridgehead atoms. The minimum Gasteiger partial charge on any atom is -0.358 e. The highest BCUT2D eigenvalue weighted by Crippen LogP contribution is 2.30. The van der Waals surface area contributed by atoms with E-state index >= 15 is 0 Å². The molecule has 8 heteroatoms. The van der Waals surface area contributed by atoms with Crippen LogP contribution in [0.15, 0.2) is 6.20 Å². The van der Waals surface area contributed by atoms with Gasteiger partial charge >= 0.3 is 5.82 Å². The van der Waals surface area contributed by atoms with E-state index in [1.807, 2.05) is 0 Å². The lowest BCUT2D eigenvalue weighted by Gasteiger charge is -2.04. The van der Waals surface area contributed by atoms with Crippen molar-refractivity contribution in [2.24, 2.45) is 5.73 Å². The van der Waals surface area contributed by atoms with Crippen molar-refractivity contribution in [1.82, 2.24) is 4.98 Å². The summed E-state index contributed by atoms with van der Waals surface area (Å²) >= 11 is 0. The van der Waals surface area contributed by atoms with E-state index in [2.05, 4.69) is 4.98 Å². The van der Waals surface area contributed by atoms with Gasteiger partial charge in [0.25, 0.3) is 6.43 Å². The molecule has 0 aliphatic rings. The second-order valence-electron chi connectivity index (χ2n) is 2.60. The Labute approximate surface area is 81.9 Å². The van der Waals surface area contributed by atoms with Crippen molar-refractivity contribution in [1.29, 1.82) is 0 Å². The predicted molar refractivity (Wildman–Crippen MR) is 43.7 cm³/mol. The SMILES string of the molecule is NCc1cnc([N+](=O)[O-])c(C(F)F)c1F. The molecule has 1 aromatic rings. The first kappa shape index (κ1) is 11.4. The molecule has 0 spiro atoms. The fourth-order valence-corrected chi connectivity index (χ4v) is 1.02. The number of alkyl halides is 2. The van der Waals surface area contributed by atoms with Crippen LogP contribution in [0.2, 0.25) is 0 Å². The number of nitrogens with two attached hydrogens (primary N) is 1. The lowest BCUT2D eigenvalue weighted by Crippen LogP contribution is -2.08. The number of hydrogen-bond donors (Lipinski definition) is 1. The van der Waals surface area contributed by atoms with Gasteiger partial charge in [0.15, 0.2) is 5.56 Å². The normalized spacial score (nSPS) is 10.7. The van der Waals surface area contributed by atoms with Crippen molar-refractivity contribution in [3.8, 4) is 0 Å². The number of halogens is 3. The molecule has 1 heterocycles. The van der Waals surface area contributed by atoms with Crippen molar-refractivity contribution in [3.63, 3.8) is 0 Å². The van der Waals surface area contributed by atoms with E-state index in [1.54, 1.807) is 0 Å². The molecule has 0 saturated carbocycles. The fraction of sp³-hybridized carbons (Fsp3) is 0.286. The van der Waals surface area contributed by atoms with Gasteiger partial charge in [0, 0.05) is 12.1 Å². The Morgan fingerprint density at radius 3 is 2.60 bits per heavy atom. The van der Waals surface area contributed by atoms with Gasteiger partial charge in [-0.15, -0.1) is 0 Å². The second kappa shape index (κ2) is 4.22. The van der Waals surface area contributed by atoms with Crippen LogP contribution in [-0.2, 0) is 6.54 Å². The fourth-order valence-electron chi connectivity index (χ4n) is 1.02. The molecule has 1 aromatic heterocycles.